The molecule has 6 nitrogen and oxygen atoms in total. The summed E-state index contributed by atoms with van der Waals surface area (Å²) in [7, 11) is 0. The second kappa shape index (κ2) is 4.90. The molecule has 0 aliphatic rings. The first-order valence-corrected chi connectivity index (χ1v) is 6.69. The van der Waals surface area contributed by atoms with Gasteiger partial charge in [0.2, 0.25) is 0 Å². The van der Waals surface area contributed by atoms with E-state index in [4.69, 9.17) is 0 Å². The molecule has 0 aliphatic heterocycles. The van der Waals surface area contributed by atoms with Crippen LogP contribution in [0.25, 0.3) is 17.0 Å². The first-order valence-electron chi connectivity index (χ1n) is 6.69. The van der Waals surface area contributed by atoms with Crippen molar-refractivity contribution in [3.8, 4) is 5.95 Å². The van der Waals surface area contributed by atoms with E-state index in [1.54, 1.807) is 26.8 Å². The van der Waals surface area contributed by atoms with Crippen LogP contribution in [0.1, 0.15) is 22.8 Å². The molecule has 3 aromatic heterocycles. The lowest BCUT2D eigenvalue weighted by atomic mass is 10.2. The first kappa shape index (κ1) is 15.2. The Morgan fingerprint density at radius 3 is 2.26 bits per heavy atom. The van der Waals surface area contributed by atoms with Gasteiger partial charge in [-0.3, -0.25) is 4.79 Å². The van der Waals surface area contributed by atoms with Gasteiger partial charge in [-0.25, -0.2) is 9.97 Å². The van der Waals surface area contributed by atoms with E-state index in [9.17, 15) is 18.0 Å². The molecule has 23 heavy (non-hydrogen) atoms. The van der Waals surface area contributed by atoms with Crippen LogP contribution in [0, 0.1) is 20.8 Å². The van der Waals surface area contributed by atoms with Gasteiger partial charge < -0.3 is 4.98 Å². The summed E-state index contributed by atoms with van der Waals surface area (Å²) < 4.78 is 39.9. The van der Waals surface area contributed by atoms with Crippen molar-refractivity contribution in [2.75, 3.05) is 0 Å². The average Bonchev–Trinajstić information content (AvgIpc) is 2.74. The van der Waals surface area contributed by atoms with Crippen LogP contribution in [-0.4, -0.2) is 24.7 Å². The Morgan fingerprint density at radius 1 is 1.09 bits per heavy atom. The fourth-order valence-electron chi connectivity index (χ4n) is 2.40. The quantitative estimate of drug-likeness (QED) is 0.746. The minimum atomic E-state index is -4.67. The van der Waals surface area contributed by atoms with Gasteiger partial charge in [0.1, 0.15) is 11.3 Å². The highest BCUT2D eigenvalue weighted by Gasteiger charge is 2.33. The first-order chi connectivity index (χ1) is 10.7. The van der Waals surface area contributed by atoms with E-state index in [1.165, 1.54) is 0 Å². The number of halogens is 3. The van der Waals surface area contributed by atoms with Crippen LogP contribution in [-0.2, 0) is 6.18 Å². The van der Waals surface area contributed by atoms with Crippen LogP contribution in [0.2, 0.25) is 0 Å². The Labute approximate surface area is 128 Å². The molecule has 0 aromatic carbocycles. The number of H-pyrrole nitrogens is 1. The zero-order valence-corrected chi connectivity index (χ0v) is 12.5. The second-order valence-corrected chi connectivity index (χ2v) is 5.22. The summed E-state index contributed by atoms with van der Waals surface area (Å²) in [5.74, 6) is 0.107. The highest BCUT2D eigenvalue weighted by molar-refractivity contribution is 5.79. The Bertz CT molecular complexity index is 951. The van der Waals surface area contributed by atoms with Crippen LogP contribution in [0.5, 0.6) is 0 Å². The van der Waals surface area contributed by atoms with Crippen LogP contribution in [0.15, 0.2) is 16.9 Å². The van der Waals surface area contributed by atoms with Crippen molar-refractivity contribution < 1.29 is 13.2 Å². The van der Waals surface area contributed by atoms with Crippen molar-refractivity contribution in [3.63, 3.8) is 0 Å². The molecular weight excluding hydrogens is 311 g/mol. The monoisotopic (exact) mass is 323 g/mol. The molecule has 3 heterocycles. The maximum Gasteiger partial charge on any atom is 0.431 e. The zero-order valence-electron chi connectivity index (χ0n) is 12.5. The normalized spacial score (nSPS) is 12.1. The predicted octanol–water partition coefficient (Wildman–Crippen LogP) is 2.45. The van der Waals surface area contributed by atoms with Gasteiger partial charge in [0.05, 0.1) is 11.1 Å². The topological polar surface area (TPSA) is 76.5 Å². The van der Waals surface area contributed by atoms with Crippen molar-refractivity contribution in [1.82, 2.24) is 24.7 Å². The summed E-state index contributed by atoms with van der Waals surface area (Å²) in [4.78, 5) is 22.6. The van der Waals surface area contributed by atoms with Crippen molar-refractivity contribution in [2.24, 2.45) is 0 Å². The van der Waals surface area contributed by atoms with Gasteiger partial charge in [0, 0.05) is 17.5 Å². The van der Waals surface area contributed by atoms with Gasteiger partial charge >= 0.3 is 6.18 Å². The van der Waals surface area contributed by atoms with E-state index < -0.39 is 17.3 Å². The molecule has 0 bridgehead atoms. The van der Waals surface area contributed by atoms with Gasteiger partial charge in [0.15, 0.2) is 5.43 Å². The summed E-state index contributed by atoms with van der Waals surface area (Å²) in [6.07, 6.45) is -4.67. The van der Waals surface area contributed by atoms with E-state index in [1.807, 2.05) is 0 Å². The van der Waals surface area contributed by atoms with Gasteiger partial charge in [-0.15, -0.1) is 0 Å². The number of hydrogen-bond donors (Lipinski definition) is 1. The minimum Gasteiger partial charge on any atom is -0.335 e. The molecule has 0 aliphatic carbocycles. The third kappa shape index (κ3) is 2.58. The van der Waals surface area contributed by atoms with Gasteiger partial charge in [-0.2, -0.15) is 23.0 Å². The predicted molar refractivity (Wildman–Crippen MR) is 76.5 cm³/mol. The number of aryl methyl sites for hydroxylation is 3. The lowest BCUT2D eigenvalue weighted by Crippen LogP contribution is -2.15. The number of alkyl halides is 3. The van der Waals surface area contributed by atoms with Crippen LogP contribution < -0.4 is 5.43 Å². The van der Waals surface area contributed by atoms with Crippen LogP contribution in [0.3, 0.4) is 0 Å². The lowest BCUT2D eigenvalue weighted by Gasteiger charge is -2.08. The summed E-state index contributed by atoms with van der Waals surface area (Å²) in [5.41, 5.74) is -0.379. The number of nitrogens with zero attached hydrogens (tertiary/aromatic N) is 4. The van der Waals surface area contributed by atoms with Crippen molar-refractivity contribution in [2.45, 2.75) is 26.9 Å². The number of nitrogens with one attached hydrogen (secondary N) is 1. The molecule has 0 radical (unpaired) electrons. The maximum absolute atomic E-state index is 12.9. The minimum absolute atomic E-state index is 0.0766. The highest BCUT2D eigenvalue weighted by Crippen LogP contribution is 2.28. The molecular formula is C14H12F3N5O. The lowest BCUT2D eigenvalue weighted by molar-refractivity contribution is -0.141. The molecule has 0 atom stereocenters. The maximum atomic E-state index is 12.9. The molecule has 0 amide bonds. The fourth-order valence-corrected chi connectivity index (χ4v) is 2.40. The van der Waals surface area contributed by atoms with Crippen LogP contribution in [0.4, 0.5) is 13.2 Å². The molecule has 1 N–H and O–H groups in total. The van der Waals surface area contributed by atoms with Crippen LogP contribution >= 0.6 is 0 Å². The number of hydrogen-bond acceptors (Lipinski definition) is 4. The van der Waals surface area contributed by atoms with Crippen molar-refractivity contribution in [1.29, 1.82) is 0 Å². The van der Waals surface area contributed by atoms with Gasteiger partial charge in [-0.1, -0.05) is 0 Å². The fraction of sp³-hybridized carbons (Fsp3) is 0.286. The third-order valence-electron chi connectivity index (χ3n) is 3.30. The standard InChI is InChI=1S/C14H12F3N5O/c1-6-4-7(2)19-13(18-6)22-12-11(8(3)21-22)9(23)5-10(20-12)14(15,16)17/h4-5H,1-3H3,(H,20,23). The second-order valence-electron chi connectivity index (χ2n) is 5.22. The number of aromatic nitrogens is 5. The summed E-state index contributed by atoms with van der Waals surface area (Å²) >= 11 is 0. The van der Waals surface area contributed by atoms with Gasteiger partial charge in [0.25, 0.3) is 5.95 Å². The molecule has 0 fully saturated rings. The Morgan fingerprint density at radius 2 is 1.70 bits per heavy atom. The summed E-state index contributed by atoms with van der Waals surface area (Å²) in [5, 5.41) is 4.20. The zero-order chi connectivity index (χ0) is 16.9. The number of fused-ring (bicyclic) bond motifs is 1. The molecule has 120 valence electrons. The smallest absolute Gasteiger partial charge is 0.335 e. The Balaban J connectivity index is 2.38. The summed E-state index contributed by atoms with van der Waals surface area (Å²) in [6.45, 7) is 5.02. The Kier molecular flexibility index (Phi) is 3.24. The number of rotatable bonds is 1. The summed E-state index contributed by atoms with van der Waals surface area (Å²) in [6, 6.07) is 2.26. The largest absolute Gasteiger partial charge is 0.431 e. The van der Waals surface area contributed by atoms with E-state index in [0.29, 0.717) is 23.1 Å². The van der Waals surface area contributed by atoms with Crippen molar-refractivity contribution in [3.05, 3.63) is 45.1 Å². The number of aromatic amines is 1. The molecule has 0 spiro atoms. The molecule has 3 aromatic rings. The molecule has 9 heteroatoms. The molecule has 0 saturated heterocycles. The third-order valence-corrected chi connectivity index (χ3v) is 3.30. The molecule has 3 rings (SSSR count). The Hall–Kier alpha value is -2.71. The molecule has 0 saturated carbocycles. The van der Waals surface area contributed by atoms with E-state index in [2.05, 4.69) is 20.1 Å². The van der Waals surface area contributed by atoms with E-state index in [-0.39, 0.29) is 17.0 Å². The highest BCUT2D eigenvalue weighted by atomic mass is 19.4. The number of pyridine rings is 1. The van der Waals surface area contributed by atoms with Gasteiger partial charge in [-0.05, 0) is 26.8 Å². The van der Waals surface area contributed by atoms with E-state index in [0.717, 1.165) is 4.68 Å². The van der Waals surface area contributed by atoms with E-state index >= 15 is 0 Å². The average molecular weight is 323 g/mol. The van der Waals surface area contributed by atoms with Crippen molar-refractivity contribution >= 4 is 11.0 Å². The SMILES string of the molecule is Cc1cc(C)nc(-n2nc(C)c3c(=O)cc(C(F)(F)F)[nH]c32)n1. The molecule has 0 unspecified atom stereocenters.